The van der Waals surface area contributed by atoms with Gasteiger partial charge in [-0.15, -0.1) is 0 Å². The van der Waals surface area contributed by atoms with Gasteiger partial charge in [0, 0.05) is 14.1 Å². The van der Waals surface area contributed by atoms with E-state index in [2.05, 4.69) is 86.5 Å². The van der Waals surface area contributed by atoms with Gasteiger partial charge in [0.05, 0.1) is 0 Å². The summed E-state index contributed by atoms with van der Waals surface area (Å²) in [6, 6.07) is 22.0. The molecule has 0 fully saturated rings. The lowest BCUT2D eigenvalue weighted by molar-refractivity contribution is 0.499. The molecule has 0 unspecified atom stereocenters. The first-order valence-corrected chi connectivity index (χ1v) is 8.19. The van der Waals surface area contributed by atoms with Gasteiger partial charge in [0.15, 0.2) is 0 Å². The fourth-order valence-corrected chi connectivity index (χ4v) is 4.05. The normalized spacial score (nSPS) is 12.9. The molecule has 2 rings (SSSR count). The Morgan fingerprint density at radius 3 is 1.53 bits per heavy atom. The number of rotatable bonds is 5. The number of nitrogens with one attached hydrogen (secondary N) is 1. The van der Waals surface area contributed by atoms with Crippen molar-refractivity contribution in [1.82, 2.24) is 5.09 Å². The Morgan fingerprint density at radius 1 is 0.737 bits per heavy atom. The summed E-state index contributed by atoms with van der Waals surface area (Å²) in [7, 11) is -0.473. The van der Waals surface area contributed by atoms with Crippen LogP contribution >= 0.6 is 8.07 Å². The third kappa shape index (κ3) is 3.89. The van der Waals surface area contributed by atoms with Crippen molar-refractivity contribution >= 4 is 18.7 Å². The van der Waals surface area contributed by atoms with Gasteiger partial charge < -0.3 is 0 Å². The molecule has 0 aromatic heterocycles. The molecule has 0 saturated carbocycles. The lowest BCUT2D eigenvalue weighted by Crippen LogP contribution is -2.33. The minimum Gasteiger partial charge on any atom is -0.285 e. The van der Waals surface area contributed by atoms with E-state index in [9.17, 15) is 0 Å². The highest BCUT2D eigenvalue weighted by Crippen LogP contribution is 2.30. The molecule has 100 valence electrons. The average molecular weight is 271 g/mol. The molecule has 1 nitrogen and oxygen atoms in total. The van der Waals surface area contributed by atoms with E-state index < -0.39 is 8.07 Å². The number of hydrogen-bond acceptors (Lipinski definition) is 1. The summed E-state index contributed by atoms with van der Waals surface area (Å²) < 4.78 is 0. The molecular formula is C17H22NP. The summed E-state index contributed by atoms with van der Waals surface area (Å²) in [4.78, 5) is 0. The predicted octanol–water partition coefficient (Wildman–Crippen LogP) is 3.67. The Kier molecular flexibility index (Phi) is 5.13. The van der Waals surface area contributed by atoms with Crippen LogP contribution in [0.1, 0.15) is 20.8 Å². The Morgan fingerprint density at radius 2 is 1.16 bits per heavy atom. The third-order valence-corrected chi connectivity index (χ3v) is 5.66. The third-order valence-electron chi connectivity index (χ3n) is 3.36. The molecule has 1 atom stereocenters. The maximum atomic E-state index is 3.81. The van der Waals surface area contributed by atoms with E-state index in [0.29, 0.717) is 12.0 Å². The van der Waals surface area contributed by atoms with Crippen LogP contribution in [0.5, 0.6) is 0 Å². The molecule has 0 saturated heterocycles. The fraction of sp³-hybridized carbons (Fsp3) is 0.294. The molecule has 2 heteroatoms. The summed E-state index contributed by atoms with van der Waals surface area (Å²) in [5.74, 6) is 0.637. The average Bonchev–Trinajstić information content (AvgIpc) is 2.46. The Hall–Kier alpha value is -1.17. The number of benzene rings is 2. The van der Waals surface area contributed by atoms with E-state index in [1.165, 1.54) is 10.6 Å². The van der Waals surface area contributed by atoms with Crippen LogP contribution in [0.25, 0.3) is 0 Å². The topological polar surface area (TPSA) is 12.0 Å². The van der Waals surface area contributed by atoms with Crippen molar-refractivity contribution < 1.29 is 0 Å². The van der Waals surface area contributed by atoms with Crippen molar-refractivity contribution in [2.24, 2.45) is 5.92 Å². The molecule has 0 bridgehead atoms. The molecule has 2 aromatic carbocycles. The van der Waals surface area contributed by atoms with Gasteiger partial charge in [-0.3, -0.25) is 5.09 Å². The van der Waals surface area contributed by atoms with Crippen molar-refractivity contribution in [2.45, 2.75) is 26.8 Å². The molecule has 0 aliphatic carbocycles. The first-order valence-electron chi connectivity index (χ1n) is 6.85. The summed E-state index contributed by atoms with van der Waals surface area (Å²) in [6.45, 7) is 6.80. The molecule has 0 aliphatic rings. The van der Waals surface area contributed by atoms with Crippen molar-refractivity contribution in [2.75, 3.05) is 0 Å². The molecule has 0 spiro atoms. The zero-order valence-electron chi connectivity index (χ0n) is 11.9. The fourth-order valence-electron chi connectivity index (χ4n) is 1.80. The smallest absolute Gasteiger partial charge is 0.0255 e. The SMILES string of the molecule is CC(C)[C@H](C)NP(c1ccccc1)c1ccccc1. The van der Waals surface area contributed by atoms with E-state index in [1.807, 2.05) is 0 Å². The second-order valence-corrected chi connectivity index (χ2v) is 7.13. The number of hydrogen-bond donors (Lipinski definition) is 1. The molecule has 0 aliphatic heterocycles. The minimum atomic E-state index is -0.473. The van der Waals surface area contributed by atoms with Crippen molar-refractivity contribution in [3.8, 4) is 0 Å². The maximum Gasteiger partial charge on any atom is 0.0255 e. The molecule has 19 heavy (non-hydrogen) atoms. The molecule has 0 amide bonds. The maximum absolute atomic E-state index is 3.81. The van der Waals surface area contributed by atoms with Gasteiger partial charge in [-0.05, 0) is 23.5 Å². The van der Waals surface area contributed by atoms with Crippen LogP contribution in [-0.2, 0) is 0 Å². The Labute approximate surface area is 117 Å². The van der Waals surface area contributed by atoms with E-state index >= 15 is 0 Å². The van der Waals surface area contributed by atoms with Crippen LogP contribution in [0, 0.1) is 5.92 Å². The zero-order chi connectivity index (χ0) is 13.7. The predicted molar refractivity (Wildman–Crippen MR) is 86.5 cm³/mol. The van der Waals surface area contributed by atoms with Crippen LogP contribution in [0.3, 0.4) is 0 Å². The van der Waals surface area contributed by atoms with Crippen molar-refractivity contribution in [3.63, 3.8) is 0 Å². The molecule has 1 N–H and O–H groups in total. The van der Waals surface area contributed by atoms with Gasteiger partial charge >= 0.3 is 0 Å². The van der Waals surface area contributed by atoms with Crippen LogP contribution < -0.4 is 15.7 Å². The van der Waals surface area contributed by atoms with Gasteiger partial charge in [0.1, 0.15) is 0 Å². The second kappa shape index (κ2) is 6.84. The lowest BCUT2D eigenvalue weighted by atomic mass is 10.1. The van der Waals surface area contributed by atoms with Gasteiger partial charge in [-0.25, -0.2) is 0 Å². The van der Waals surface area contributed by atoms with E-state index in [1.54, 1.807) is 0 Å². The largest absolute Gasteiger partial charge is 0.285 e. The quantitative estimate of drug-likeness (QED) is 0.818. The monoisotopic (exact) mass is 271 g/mol. The standard InChI is InChI=1S/C17H22NP/c1-14(2)15(3)18-19(16-10-6-4-7-11-16)17-12-8-5-9-13-17/h4-15,18H,1-3H3/t15-/m0/s1. The van der Waals surface area contributed by atoms with Crippen molar-refractivity contribution in [1.29, 1.82) is 0 Å². The first-order chi connectivity index (χ1) is 9.18. The summed E-state index contributed by atoms with van der Waals surface area (Å²) >= 11 is 0. The second-order valence-electron chi connectivity index (χ2n) is 5.17. The first kappa shape index (κ1) is 14.2. The van der Waals surface area contributed by atoms with Gasteiger partial charge in [-0.2, -0.15) is 0 Å². The van der Waals surface area contributed by atoms with Crippen LogP contribution in [0.2, 0.25) is 0 Å². The van der Waals surface area contributed by atoms with Crippen LogP contribution in [-0.4, -0.2) is 6.04 Å². The Bertz CT molecular complexity index is 442. The van der Waals surface area contributed by atoms with Gasteiger partial charge in [0.2, 0.25) is 0 Å². The molecule has 0 heterocycles. The highest BCUT2D eigenvalue weighted by Gasteiger charge is 2.17. The summed E-state index contributed by atoms with van der Waals surface area (Å²) in [6.07, 6.45) is 0. The highest BCUT2D eigenvalue weighted by atomic mass is 31.1. The lowest BCUT2D eigenvalue weighted by Gasteiger charge is -2.26. The van der Waals surface area contributed by atoms with Crippen LogP contribution in [0.15, 0.2) is 60.7 Å². The molecule has 2 aromatic rings. The van der Waals surface area contributed by atoms with Crippen LogP contribution in [0.4, 0.5) is 0 Å². The van der Waals surface area contributed by atoms with E-state index in [0.717, 1.165) is 0 Å². The van der Waals surface area contributed by atoms with Crippen molar-refractivity contribution in [3.05, 3.63) is 60.7 Å². The van der Waals surface area contributed by atoms with E-state index in [4.69, 9.17) is 0 Å². The molecule has 0 radical (unpaired) electrons. The Balaban J connectivity index is 2.29. The summed E-state index contributed by atoms with van der Waals surface area (Å²) in [5, 5.41) is 6.58. The highest BCUT2D eigenvalue weighted by molar-refractivity contribution is 7.71. The van der Waals surface area contributed by atoms with Gasteiger partial charge in [0.25, 0.3) is 0 Å². The van der Waals surface area contributed by atoms with E-state index in [-0.39, 0.29) is 0 Å². The summed E-state index contributed by atoms with van der Waals surface area (Å²) in [5.41, 5.74) is 0. The zero-order valence-corrected chi connectivity index (χ0v) is 12.8. The minimum absolute atomic E-state index is 0.473. The van der Waals surface area contributed by atoms with Gasteiger partial charge in [-0.1, -0.05) is 74.5 Å². The molecular weight excluding hydrogens is 249 g/mol.